The topological polar surface area (TPSA) is 59.4 Å². The van der Waals surface area contributed by atoms with E-state index in [0.29, 0.717) is 30.6 Å². The van der Waals surface area contributed by atoms with E-state index in [2.05, 4.69) is 4.98 Å². The second-order valence-corrected chi connectivity index (χ2v) is 3.76. The highest BCUT2D eigenvalue weighted by atomic mass is 16.5. The van der Waals surface area contributed by atoms with Gasteiger partial charge in [-0.25, -0.2) is 4.98 Å². The number of hydrogen-bond acceptors (Lipinski definition) is 4. The van der Waals surface area contributed by atoms with Crippen molar-refractivity contribution in [2.75, 3.05) is 6.61 Å². The highest BCUT2D eigenvalue weighted by Crippen LogP contribution is 2.17. The van der Waals surface area contributed by atoms with E-state index in [1.54, 1.807) is 12.1 Å². The van der Waals surface area contributed by atoms with Gasteiger partial charge in [-0.1, -0.05) is 13.8 Å². The lowest BCUT2D eigenvalue weighted by molar-refractivity contribution is -0.0114. The monoisotopic (exact) mass is 223 g/mol. The molecule has 16 heavy (non-hydrogen) atoms. The van der Waals surface area contributed by atoms with Crippen LogP contribution in [0.1, 0.15) is 37.2 Å². The van der Waals surface area contributed by atoms with Crippen molar-refractivity contribution in [3.8, 4) is 5.75 Å². The maximum absolute atomic E-state index is 10.4. The van der Waals surface area contributed by atoms with Crippen molar-refractivity contribution in [3.63, 3.8) is 0 Å². The molecule has 1 heterocycles. The molecule has 0 saturated carbocycles. The molecule has 0 aromatic carbocycles. The molecular formula is C12H17NO3. The molecule has 0 saturated heterocycles. The summed E-state index contributed by atoms with van der Waals surface area (Å²) in [6.07, 6.45) is 3.44. The van der Waals surface area contributed by atoms with Crippen molar-refractivity contribution in [2.24, 2.45) is 0 Å². The fourth-order valence-corrected chi connectivity index (χ4v) is 1.22. The average Bonchev–Trinajstić information content (AvgIpc) is 2.36. The van der Waals surface area contributed by atoms with Gasteiger partial charge in [0.05, 0.1) is 11.8 Å². The maximum Gasteiger partial charge on any atom is 0.168 e. The predicted molar refractivity (Wildman–Crippen MR) is 60.7 cm³/mol. The third kappa shape index (κ3) is 3.31. The van der Waals surface area contributed by atoms with Gasteiger partial charge in [0.2, 0.25) is 0 Å². The van der Waals surface area contributed by atoms with E-state index in [0.717, 1.165) is 0 Å². The second kappa shape index (κ2) is 5.61. The molecule has 0 amide bonds. The Balaban J connectivity index is 2.57. The number of aldehydes is 1. The van der Waals surface area contributed by atoms with Crippen LogP contribution < -0.4 is 4.74 Å². The van der Waals surface area contributed by atoms with Crippen molar-refractivity contribution in [2.45, 2.75) is 32.3 Å². The van der Waals surface area contributed by atoms with Crippen molar-refractivity contribution >= 4 is 6.29 Å². The molecule has 0 atom stereocenters. The Labute approximate surface area is 95.3 Å². The van der Waals surface area contributed by atoms with Crippen molar-refractivity contribution in [1.82, 2.24) is 4.98 Å². The van der Waals surface area contributed by atoms with Crippen LogP contribution in [0, 0.1) is 0 Å². The van der Waals surface area contributed by atoms with Gasteiger partial charge in [0.15, 0.2) is 6.29 Å². The van der Waals surface area contributed by atoms with Crippen LogP contribution in [0.3, 0.4) is 0 Å². The van der Waals surface area contributed by atoms with Gasteiger partial charge < -0.3 is 9.84 Å². The second-order valence-electron chi connectivity index (χ2n) is 3.76. The highest BCUT2D eigenvalue weighted by molar-refractivity contribution is 5.71. The summed E-state index contributed by atoms with van der Waals surface area (Å²) in [7, 11) is 0. The van der Waals surface area contributed by atoms with Crippen LogP contribution in [0.4, 0.5) is 0 Å². The molecule has 1 aromatic heterocycles. The summed E-state index contributed by atoms with van der Waals surface area (Å²) >= 11 is 0. The van der Waals surface area contributed by atoms with Gasteiger partial charge in [-0.2, -0.15) is 0 Å². The van der Waals surface area contributed by atoms with E-state index in [-0.39, 0.29) is 6.61 Å². The van der Waals surface area contributed by atoms with Crippen LogP contribution in [-0.4, -0.2) is 28.6 Å². The third-order valence-corrected chi connectivity index (χ3v) is 2.70. The summed E-state index contributed by atoms with van der Waals surface area (Å²) in [6, 6.07) is 3.25. The molecular weight excluding hydrogens is 206 g/mol. The number of ether oxygens (including phenoxy) is 1. The number of aliphatic hydroxyl groups is 1. The molecule has 0 fully saturated rings. The summed E-state index contributed by atoms with van der Waals surface area (Å²) in [4.78, 5) is 14.3. The molecule has 1 N–H and O–H groups in total. The van der Waals surface area contributed by atoms with Crippen LogP contribution in [0.15, 0.2) is 18.3 Å². The molecule has 0 aliphatic carbocycles. The van der Waals surface area contributed by atoms with Crippen molar-refractivity contribution < 1.29 is 14.6 Å². The van der Waals surface area contributed by atoms with Crippen LogP contribution >= 0.6 is 0 Å². The normalized spacial score (nSPS) is 11.2. The zero-order chi connectivity index (χ0) is 12.0. The SMILES string of the molecule is CCC(O)(CC)COc1ccc(C=O)nc1. The molecule has 1 rings (SSSR count). The molecule has 0 radical (unpaired) electrons. The zero-order valence-corrected chi connectivity index (χ0v) is 9.64. The minimum Gasteiger partial charge on any atom is -0.489 e. The Morgan fingerprint density at radius 1 is 1.44 bits per heavy atom. The number of pyridine rings is 1. The lowest BCUT2D eigenvalue weighted by atomic mass is 9.99. The standard InChI is InChI=1S/C12H17NO3/c1-3-12(15,4-2)9-16-11-6-5-10(8-14)13-7-11/h5-8,15H,3-4,9H2,1-2H3. The number of rotatable bonds is 6. The van der Waals surface area contributed by atoms with Crippen LogP contribution in [0.2, 0.25) is 0 Å². The van der Waals surface area contributed by atoms with Crippen molar-refractivity contribution in [1.29, 1.82) is 0 Å². The minimum absolute atomic E-state index is 0.238. The van der Waals surface area contributed by atoms with Gasteiger partial charge in [-0.3, -0.25) is 4.79 Å². The molecule has 88 valence electrons. The molecule has 4 heteroatoms. The summed E-state index contributed by atoms with van der Waals surface area (Å²) in [6.45, 7) is 4.07. The fraction of sp³-hybridized carbons (Fsp3) is 0.500. The first-order valence-corrected chi connectivity index (χ1v) is 5.40. The summed E-state index contributed by atoms with van der Waals surface area (Å²) in [5.74, 6) is 0.561. The Bertz CT molecular complexity index is 331. The van der Waals surface area contributed by atoms with Crippen molar-refractivity contribution in [3.05, 3.63) is 24.0 Å². The van der Waals surface area contributed by atoms with E-state index in [4.69, 9.17) is 4.74 Å². The highest BCUT2D eigenvalue weighted by Gasteiger charge is 2.22. The Morgan fingerprint density at radius 2 is 2.12 bits per heavy atom. The summed E-state index contributed by atoms with van der Waals surface area (Å²) in [5, 5.41) is 9.99. The third-order valence-electron chi connectivity index (χ3n) is 2.70. The number of hydrogen-bond donors (Lipinski definition) is 1. The molecule has 0 unspecified atom stereocenters. The van der Waals surface area contributed by atoms with Gasteiger partial charge in [0.1, 0.15) is 18.1 Å². The van der Waals surface area contributed by atoms with E-state index in [1.165, 1.54) is 6.20 Å². The molecule has 4 nitrogen and oxygen atoms in total. The van der Waals surface area contributed by atoms with E-state index in [1.807, 2.05) is 13.8 Å². The number of carbonyl (C=O) groups excluding carboxylic acids is 1. The first-order valence-electron chi connectivity index (χ1n) is 5.40. The van der Waals surface area contributed by atoms with Gasteiger partial charge >= 0.3 is 0 Å². The van der Waals surface area contributed by atoms with Gasteiger partial charge in [-0.15, -0.1) is 0 Å². The van der Waals surface area contributed by atoms with Crippen LogP contribution in [0.25, 0.3) is 0 Å². The van der Waals surface area contributed by atoms with Crippen LogP contribution in [-0.2, 0) is 0 Å². The smallest absolute Gasteiger partial charge is 0.168 e. The Morgan fingerprint density at radius 3 is 2.56 bits per heavy atom. The molecule has 1 aromatic rings. The Kier molecular flexibility index (Phi) is 4.43. The Hall–Kier alpha value is -1.42. The largest absolute Gasteiger partial charge is 0.489 e. The number of nitrogens with zero attached hydrogens (tertiary/aromatic N) is 1. The molecule has 0 spiro atoms. The quantitative estimate of drug-likeness (QED) is 0.747. The fourth-order valence-electron chi connectivity index (χ4n) is 1.22. The van der Waals surface area contributed by atoms with Gasteiger partial charge in [0, 0.05) is 0 Å². The van der Waals surface area contributed by atoms with Gasteiger partial charge in [-0.05, 0) is 25.0 Å². The summed E-state index contributed by atoms with van der Waals surface area (Å²) < 4.78 is 5.42. The van der Waals surface area contributed by atoms with E-state index < -0.39 is 5.60 Å². The van der Waals surface area contributed by atoms with Gasteiger partial charge in [0.25, 0.3) is 0 Å². The molecule has 0 aliphatic rings. The maximum atomic E-state index is 10.4. The molecule has 0 bridgehead atoms. The lowest BCUT2D eigenvalue weighted by Crippen LogP contribution is -2.34. The number of aromatic nitrogens is 1. The zero-order valence-electron chi connectivity index (χ0n) is 9.64. The summed E-state index contributed by atoms with van der Waals surface area (Å²) in [5.41, 5.74) is -0.419. The average molecular weight is 223 g/mol. The van der Waals surface area contributed by atoms with E-state index >= 15 is 0 Å². The predicted octanol–water partition coefficient (Wildman–Crippen LogP) is 1.82. The lowest BCUT2D eigenvalue weighted by Gasteiger charge is -2.24. The van der Waals surface area contributed by atoms with Crippen LogP contribution in [0.5, 0.6) is 5.75 Å². The minimum atomic E-state index is -0.788. The first-order chi connectivity index (χ1) is 7.63. The first kappa shape index (κ1) is 12.6. The molecule has 0 aliphatic heterocycles. The van der Waals surface area contributed by atoms with E-state index in [9.17, 15) is 9.90 Å². The number of carbonyl (C=O) groups is 1.